The number of anilines is 2. The molecule has 0 heterocycles. The lowest BCUT2D eigenvalue weighted by molar-refractivity contribution is -0.114. The minimum Gasteiger partial charge on any atom is -0.506 e. The Balaban J connectivity index is 0.00000144. The first-order valence-electron chi connectivity index (χ1n) is 3.45. The Bertz CT molecular complexity index is 315. The number of nitrogens with two attached hydrogens (primary N) is 1. The van der Waals surface area contributed by atoms with Crippen molar-refractivity contribution in [1.82, 2.24) is 0 Å². The molecule has 1 amide bonds. The summed E-state index contributed by atoms with van der Waals surface area (Å²) < 4.78 is 0. The first-order chi connectivity index (χ1) is 5.59. The summed E-state index contributed by atoms with van der Waals surface area (Å²) in [6.07, 6.45) is 0. The van der Waals surface area contributed by atoms with Crippen molar-refractivity contribution in [3.63, 3.8) is 0 Å². The maximum atomic E-state index is 10.6. The molecule has 0 spiro atoms. The van der Waals surface area contributed by atoms with Crippen LogP contribution in [0.2, 0.25) is 0 Å². The molecule has 13 heavy (non-hydrogen) atoms. The number of phenols is 1. The molecule has 5 heteroatoms. The fourth-order valence-corrected chi connectivity index (χ4v) is 0.825. The predicted octanol–water partition coefficient (Wildman–Crippen LogP) is 1.35. The highest BCUT2D eigenvalue weighted by Gasteiger charge is 1.99. The van der Waals surface area contributed by atoms with Crippen LogP contribution < -0.4 is 11.1 Å². The maximum Gasteiger partial charge on any atom is 0.221 e. The summed E-state index contributed by atoms with van der Waals surface area (Å²) in [5.74, 6) is -0.208. The second kappa shape index (κ2) is 4.57. The highest BCUT2D eigenvalue weighted by molar-refractivity contribution is 5.89. The highest BCUT2D eigenvalue weighted by atomic mass is 35.5. The van der Waals surface area contributed by atoms with Gasteiger partial charge < -0.3 is 16.2 Å². The van der Waals surface area contributed by atoms with Crippen molar-refractivity contribution in [1.29, 1.82) is 0 Å². The number of nitrogens with one attached hydrogen (secondary N) is 1. The molecule has 0 atom stereocenters. The zero-order chi connectivity index (χ0) is 9.14. The predicted molar refractivity (Wildman–Crippen MR) is 54.1 cm³/mol. The lowest BCUT2D eigenvalue weighted by Gasteiger charge is -2.03. The zero-order valence-electron chi connectivity index (χ0n) is 7.07. The molecule has 0 aliphatic carbocycles. The van der Waals surface area contributed by atoms with E-state index in [0.717, 1.165) is 0 Å². The van der Waals surface area contributed by atoms with Crippen LogP contribution in [-0.4, -0.2) is 11.0 Å². The van der Waals surface area contributed by atoms with E-state index in [0.29, 0.717) is 11.4 Å². The standard InChI is InChI=1S/C8H10N2O2.ClH/c1-5(11)10-6-2-3-7(9)8(12)4-6;/h2-4,12H,9H2,1H3,(H,10,11);1H. The molecule has 1 aromatic rings. The van der Waals surface area contributed by atoms with Crippen LogP contribution >= 0.6 is 12.4 Å². The summed E-state index contributed by atoms with van der Waals surface area (Å²) in [5, 5.41) is 11.7. The average molecular weight is 203 g/mol. The maximum absolute atomic E-state index is 10.6. The van der Waals surface area contributed by atoms with Crippen LogP contribution in [0.4, 0.5) is 11.4 Å². The van der Waals surface area contributed by atoms with Crippen molar-refractivity contribution in [3.05, 3.63) is 18.2 Å². The van der Waals surface area contributed by atoms with Crippen molar-refractivity contribution in [2.45, 2.75) is 6.92 Å². The summed E-state index contributed by atoms with van der Waals surface area (Å²) in [6, 6.07) is 4.55. The van der Waals surface area contributed by atoms with Crippen LogP contribution in [0.1, 0.15) is 6.92 Å². The zero-order valence-corrected chi connectivity index (χ0v) is 7.89. The number of hydrogen-bond acceptors (Lipinski definition) is 3. The molecule has 1 rings (SSSR count). The van der Waals surface area contributed by atoms with Crippen LogP contribution in [0.15, 0.2) is 18.2 Å². The Morgan fingerprint density at radius 2 is 2.15 bits per heavy atom. The van der Waals surface area contributed by atoms with Gasteiger partial charge in [-0.15, -0.1) is 12.4 Å². The SMILES string of the molecule is CC(=O)Nc1ccc(N)c(O)c1.Cl. The van der Waals surface area contributed by atoms with Gasteiger partial charge in [0.05, 0.1) is 5.69 Å². The molecular formula is C8H11ClN2O2. The number of amides is 1. The fourth-order valence-electron chi connectivity index (χ4n) is 0.825. The van der Waals surface area contributed by atoms with Gasteiger partial charge in [-0.05, 0) is 12.1 Å². The third-order valence-electron chi connectivity index (χ3n) is 1.35. The smallest absolute Gasteiger partial charge is 0.221 e. The molecule has 0 aliphatic heterocycles. The Hall–Kier alpha value is -1.42. The van der Waals surface area contributed by atoms with Gasteiger partial charge in [0.1, 0.15) is 5.75 Å². The van der Waals surface area contributed by atoms with E-state index >= 15 is 0 Å². The summed E-state index contributed by atoms with van der Waals surface area (Å²) in [7, 11) is 0. The van der Waals surface area contributed by atoms with Gasteiger partial charge in [-0.1, -0.05) is 0 Å². The number of carbonyl (C=O) groups excluding carboxylic acids is 1. The summed E-state index contributed by atoms with van der Waals surface area (Å²) in [6.45, 7) is 1.40. The minimum atomic E-state index is -0.181. The molecular weight excluding hydrogens is 192 g/mol. The second-order valence-electron chi connectivity index (χ2n) is 2.45. The third kappa shape index (κ3) is 3.21. The Labute approximate surface area is 82.2 Å². The molecule has 1 aromatic carbocycles. The molecule has 4 nitrogen and oxygen atoms in total. The summed E-state index contributed by atoms with van der Waals surface area (Å²) in [5.41, 5.74) is 6.19. The number of carbonyl (C=O) groups is 1. The average Bonchev–Trinajstić information content (AvgIpc) is 1.96. The number of phenolic OH excluding ortho intramolecular Hbond substituents is 1. The van der Waals surface area contributed by atoms with Crippen LogP contribution in [0, 0.1) is 0 Å². The van der Waals surface area contributed by atoms with Crippen molar-refractivity contribution in [3.8, 4) is 5.75 Å². The third-order valence-corrected chi connectivity index (χ3v) is 1.35. The lowest BCUT2D eigenvalue weighted by atomic mass is 10.2. The number of hydrogen-bond donors (Lipinski definition) is 3. The topological polar surface area (TPSA) is 75.4 Å². The van der Waals surface area contributed by atoms with Crippen LogP contribution in [0.3, 0.4) is 0 Å². The number of halogens is 1. The first kappa shape index (κ1) is 11.6. The molecule has 0 bridgehead atoms. The minimum absolute atomic E-state index is 0. The Morgan fingerprint density at radius 3 is 2.62 bits per heavy atom. The normalized spacial score (nSPS) is 8.69. The van der Waals surface area contributed by atoms with Gasteiger partial charge in [0.2, 0.25) is 5.91 Å². The van der Waals surface area contributed by atoms with E-state index in [2.05, 4.69) is 5.32 Å². The van der Waals surface area contributed by atoms with Crippen LogP contribution in [-0.2, 0) is 4.79 Å². The lowest BCUT2D eigenvalue weighted by Crippen LogP contribution is -2.05. The number of aromatic hydroxyl groups is 1. The molecule has 4 N–H and O–H groups in total. The van der Waals surface area contributed by atoms with E-state index in [4.69, 9.17) is 10.8 Å². The van der Waals surface area contributed by atoms with E-state index in [1.807, 2.05) is 0 Å². The first-order valence-corrected chi connectivity index (χ1v) is 3.45. The van der Waals surface area contributed by atoms with E-state index in [1.165, 1.54) is 19.1 Å². The van der Waals surface area contributed by atoms with Crippen molar-refractivity contribution in [2.24, 2.45) is 0 Å². The monoisotopic (exact) mass is 202 g/mol. The molecule has 0 aromatic heterocycles. The van der Waals surface area contributed by atoms with E-state index in [9.17, 15) is 4.79 Å². The van der Waals surface area contributed by atoms with Crippen molar-refractivity contribution < 1.29 is 9.90 Å². The molecule has 0 saturated carbocycles. The second-order valence-corrected chi connectivity index (χ2v) is 2.45. The van der Waals surface area contributed by atoms with Crippen LogP contribution in [0.25, 0.3) is 0 Å². The largest absolute Gasteiger partial charge is 0.506 e. The molecule has 72 valence electrons. The molecule has 0 aliphatic rings. The highest BCUT2D eigenvalue weighted by Crippen LogP contribution is 2.23. The summed E-state index contributed by atoms with van der Waals surface area (Å²) >= 11 is 0. The van der Waals surface area contributed by atoms with E-state index < -0.39 is 0 Å². The Morgan fingerprint density at radius 1 is 1.54 bits per heavy atom. The van der Waals surface area contributed by atoms with Crippen LogP contribution in [0.5, 0.6) is 5.75 Å². The van der Waals surface area contributed by atoms with E-state index in [1.54, 1.807) is 6.07 Å². The number of rotatable bonds is 1. The fraction of sp³-hybridized carbons (Fsp3) is 0.125. The molecule has 0 fully saturated rings. The van der Waals surface area contributed by atoms with Crippen molar-refractivity contribution in [2.75, 3.05) is 11.1 Å². The Kier molecular flexibility index (Phi) is 4.07. The molecule has 0 unspecified atom stereocenters. The van der Waals surface area contributed by atoms with Gasteiger partial charge in [0, 0.05) is 18.7 Å². The van der Waals surface area contributed by atoms with Gasteiger partial charge in [0.15, 0.2) is 0 Å². The van der Waals surface area contributed by atoms with Gasteiger partial charge in [-0.3, -0.25) is 4.79 Å². The van der Waals surface area contributed by atoms with Gasteiger partial charge in [-0.2, -0.15) is 0 Å². The van der Waals surface area contributed by atoms with Gasteiger partial charge >= 0.3 is 0 Å². The van der Waals surface area contributed by atoms with E-state index in [-0.39, 0.29) is 24.1 Å². The van der Waals surface area contributed by atoms with Gasteiger partial charge in [0.25, 0.3) is 0 Å². The number of benzene rings is 1. The number of nitrogen functional groups attached to an aromatic ring is 1. The molecule has 0 saturated heterocycles. The summed E-state index contributed by atoms with van der Waals surface area (Å²) in [4.78, 5) is 10.6. The van der Waals surface area contributed by atoms with Gasteiger partial charge in [-0.25, -0.2) is 0 Å². The molecule has 0 radical (unpaired) electrons. The quantitative estimate of drug-likeness (QED) is 0.475. The van der Waals surface area contributed by atoms with Crippen molar-refractivity contribution >= 4 is 29.7 Å².